The van der Waals surface area contributed by atoms with Gasteiger partial charge < -0.3 is 5.11 Å². The van der Waals surface area contributed by atoms with E-state index in [4.69, 9.17) is 9.47 Å². The first-order valence-corrected chi connectivity index (χ1v) is 22.2. The Bertz CT molecular complexity index is 1970. The molecule has 4 aromatic carbocycles. The van der Waals surface area contributed by atoms with Crippen LogP contribution in [0, 0.1) is 39.9 Å². The summed E-state index contributed by atoms with van der Waals surface area (Å²) in [5, 5.41) is 15.8. The molecule has 55 heavy (non-hydrogen) atoms. The summed E-state index contributed by atoms with van der Waals surface area (Å²) >= 11 is 0. The van der Waals surface area contributed by atoms with Crippen molar-refractivity contribution < 1.29 is 29.0 Å². The molecule has 7 heteroatoms. The molecule has 1 spiro atoms. The molecule has 6 nitrogen and oxygen atoms in total. The summed E-state index contributed by atoms with van der Waals surface area (Å²) in [6.07, 6.45) is 4.64. The van der Waals surface area contributed by atoms with Gasteiger partial charge in [-0.25, -0.2) is 0 Å². The second-order valence-electron chi connectivity index (χ2n) is 17.3. The predicted molar refractivity (Wildman–Crippen MR) is 219 cm³/mol. The van der Waals surface area contributed by atoms with Crippen molar-refractivity contribution in [3.05, 3.63) is 139 Å². The van der Waals surface area contributed by atoms with E-state index >= 15 is 0 Å². The Balaban J connectivity index is 1.00. The number of carbonyl (C=O) groups is 3. The zero-order valence-electron chi connectivity index (χ0n) is 32.2. The van der Waals surface area contributed by atoms with E-state index in [9.17, 15) is 19.5 Å². The second-order valence-corrected chi connectivity index (χ2v) is 21.2. The number of rotatable bonds is 10. The van der Waals surface area contributed by atoms with Gasteiger partial charge in [0.25, 0.3) is 0 Å². The molecule has 0 aliphatic heterocycles. The third-order valence-electron chi connectivity index (χ3n) is 14.8. The number of hydrogen-bond acceptors (Lipinski definition) is 6. The number of carbonyl (C=O) groups excluding carboxylic acids is 3. The summed E-state index contributed by atoms with van der Waals surface area (Å²) < 4.78 is 11.9. The van der Waals surface area contributed by atoms with Gasteiger partial charge in [0.05, 0.1) is 6.10 Å². The van der Waals surface area contributed by atoms with E-state index in [1.807, 2.05) is 19.1 Å². The van der Waals surface area contributed by atoms with Crippen LogP contribution in [-0.2, 0) is 25.2 Å². The normalized spacial score (nSPS) is 32.5. The molecule has 286 valence electrons. The topological polar surface area (TPSA) is 89.9 Å². The molecular weight excluding hydrogens is 703 g/mol. The molecule has 0 aromatic heterocycles. The molecule has 4 aromatic rings. The van der Waals surface area contributed by atoms with Gasteiger partial charge in [-0.2, -0.15) is 0 Å². The molecular formula is C48H53O6P. The van der Waals surface area contributed by atoms with Gasteiger partial charge in [-0.05, 0) is 42.4 Å². The van der Waals surface area contributed by atoms with Crippen molar-refractivity contribution in [3.63, 3.8) is 0 Å². The van der Waals surface area contributed by atoms with Gasteiger partial charge in [0.1, 0.15) is 5.78 Å². The van der Waals surface area contributed by atoms with Crippen LogP contribution in [0.3, 0.4) is 0 Å². The minimum Gasteiger partial charge on any atom is -0.392 e. The van der Waals surface area contributed by atoms with E-state index in [-0.39, 0.29) is 34.9 Å². The number of ether oxygens (including phenoxy) is 2. The molecule has 5 fully saturated rings. The average Bonchev–Trinajstić information content (AvgIpc) is 3.62. The van der Waals surface area contributed by atoms with Crippen molar-refractivity contribution in [2.75, 3.05) is 6.61 Å². The zero-order chi connectivity index (χ0) is 38.6. The minimum absolute atomic E-state index is 0.0801. The summed E-state index contributed by atoms with van der Waals surface area (Å²) in [6, 6.07) is 39.7. The van der Waals surface area contributed by atoms with E-state index in [2.05, 4.69) is 111 Å². The summed E-state index contributed by atoms with van der Waals surface area (Å²) in [5.41, 5.74) is -0.0225. The molecule has 1 N–H and O–H groups in total. The van der Waals surface area contributed by atoms with Gasteiger partial charge >= 0.3 is 211 Å². The van der Waals surface area contributed by atoms with E-state index in [0.717, 1.165) is 31.0 Å². The first kappa shape index (κ1) is 37.5. The van der Waals surface area contributed by atoms with Crippen LogP contribution < -0.4 is 15.9 Å². The van der Waals surface area contributed by atoms with E-state index in [1.165, 1.54) is 15.9 Å². The molecule has 5 aliphatic carbocycles. The van der Waals surface area contributed by atoms with Crippen LogP contribution in [0.4, 0.5) is 0 Å². The molecule has 2 unspecified atom stereocenters. The van der Waals surface area contributed by atoms with Crippen LogP contribution in [0.5, 0.6) is 0 Å². The maximum absolute atomic E-state index is 13.7. The average molecular weight is 757 g/mol. The third-order valence-corrected chi connectivity index (χ3v) is 19.7. The van der Waals surface area contributed by atoms with Gasteiger partial charge in [0, 0.05) is 17.8 Å². The van der Waals surface area contributed by atoms with Crippen molar-refractivity contribution in [2.24, 2.45) is 39.9 Å². The number of hydrogen-bond donors (Lipinski definition) is 1. The summed E-state index contributed by atoms with van der Waals surface area (Å²) in [4.78, 5) is 40.7. The number of esters is 2. The molecule has 9 rings (SSSR count). The number of Topliss-reactive ketones (excluding diaryl/α,β-unsaturated/α-hetero) is 1. The molecule has 9 atom stereocenters. The fraction of sp³-hybridized carbons (Fsp3) is 0.396. The number of aliphatic hydroxyl groups excluding tert-OH is 1. The number of fused-ring (bicyclic) bond motifs is 4. The van der Waals surface area contributed by atoms with E-state index in [0.29, 0.717) is 18.4 Å². The smallest absolute Gasteiger partial charge is 0.392 e. The number of ketones is 1. The van der Waals surface area contributed by atoms with E-state index in [1.54, 1.807) is 18.2 Å². The Morgan fingerprint density at radius 3 is 1.96 bits per heavy atom. The summed E-state index contributed by atoms with van der Waals surface area (Å²) in [7, 11) is -2.54. The third kappa shape index (κ3) is 5.94. The Morgan fingerprint density at radius 2 is 1.42 bits per heavy atom. The van der Waals surface area contributed by atoms with Gasteiger partial charge in [0.15, 0.2) is 0 Å². The van der Waals surface area contributed by atoms with Crippen molar-refractivity contribution in [2.45, 2.75) is 71.2 Å². The van der Waals surface area contributed by atoms with Gasteiger partial charge in [-0.1, -0.05) is 26.8 Å². The molecule has 0 radical (unpaired) electrons. The van der Waals surface area contributed by atoms with Crippen molar-refractivity contribution in [1.82, 2.24) is 0 Å². The Kier molecular flexibility index (Phi) is 9.75. The predicted octanol–water partition coefficient (Wildman–Crippen LogP) is 7.59. The van der Waals surface area contributed by atoms with Crippen molar-refractivity contribution in [1.29, 1.82) is 0 Å². The molecule has 4 bridgehead atoms. The number of benzene rings is 4. The standard InChI is InChI=1S/C48H53O6P/c1-5-46(3)29-40(47(4)27-25-38-42(44(46)51)32(2)48(38)28-26-39(49)43(47)48)54-41(50)30-53-45(52)34-23-21-33(22-24-34)31-55(35-15-9-6-10-16-35,36-17-11-7-12-18-36)37-19-13-8-14-20-37/h5-24,32,38,40,42-44,51,55H,1,25-31H2,2-4H3/t32-,38-,40+,42?,43?,44-,46+,47-,48+/m0/s1. The SMILES string of the molecule is C=C[C@]1(C)C[C@@H](OC(=O)COC(=O)c2ccc(C[PH](c3ccccc3)(c3ccccc3)c3ccccc3)cc2)[C@]2(C)CC[C@H]3C([C@H](C)[C@]34CCC(=O)C42)[C@@H]1O. The van der Waals surface area contributed by atoms with Crippen LogP contribution in [0.1, 0.15) is 68.8 Å². The summed E-state index contributed by atoms with van der Waals surface area (Å²) in [5.74, 6) is -0.681. The maximum atomic E-state index is 13.7. The first-order valence-electron chi connectivity index (χ1n) is 19.9. The Labute approximate surface area is 325 Å². The van der Waals surface area contributed by atoms with Crippen molar-refractivity contribution in [3.8, 4) is 0 Å². The summed E-state index contributed by atoms with van der Waals surface area (Å²) in [6.45, 7) is 9.87. The minimum atomic E-state index is -2.54. The van der Waals surface area contributed by atoms with Crippen LogP contribution in [-0.4, -0.2) is 41.6 Å². The van der Waals surface area contributed by atoms with Gasteiger partial charge in [-0.15, -0.1) is 6.58 Å². The number of aliphatic hydroxyl groups is 1. The molecule has 0 heterocycles. The Morgan fingerprint density at radius 1 is 0.855 bits per heavy atom. The van der Waals surface area contributed by atoms with E-state index < -0.39 is 48.8 Å². The van der Waals surface area contributed by atoms with Crippen LogP contribution in [0.2, 0.25) is 0 Å². The molecule has 5 saturated carbocycles. The molecule has 0 saturated heterocycles. The molecule has 5 aliphatic rings. The van der Waals surface area contributed by atoms with Gasteiger partial charge in [-0.3, -0.25) is 4.79 Å². The van der Waals surface area contributed by atoms with Crippen LogP contribution in [0.15, 0.2) is 128 Å². The van der Waals surface area contributed by atoms with Crippen LogP contribution in [0.25, 0.3) is 0 Å². The molecule has 0 amide bonds. The monoisotopic (exact) mass is 756 g/mol. The first-order chi connectivity index (χ1) is 26.5. The van der Waals surface area contributed by atoms with Gasteiger partial charge in [0.2, 0.25) is 0 Å². The van der Waals surface area contributed by atoms with Crippen molar-refractivity contribution >= 4 is 40.9 Å². The fourth-order valence-corrected chi connectivity index (χ4v) is 16.8. The second kappa shape index (κ2) is 14.3. The zero-order valence-corrected chi connectivity index (χ0v) is 33.2. The quantitative estimate of drug-likeness (QED) is 0.102. The Hall–Kier alpha value is -4.38. The fourth-order valence-electron chi connectivity index (χ4n) is 12.0. The van der Waals surface area contributed by atoms with Crippen LogP contribution >= 0.6 is 7.26 Å².